The zero-order chi connectivity index (χ0) is 13.9. The van der Waals surface area contributed by atoms with Gasteiger partial charge in [-0.25, -0.2) is 0 Å². The average molecular weight is 301 g/mol. The molecule has 0 spiro atoms. The molecule has 3 N–H and O–H groups in total. The summed E-state index contributed by atoms with van der Waals surface area (Å²) in [5, 5.41) is 13.3. The Morgan fingerprint density at radius 2 is 2.25 bits per heavy atom. The van der Waals surface area contributed by atoms with E-state index in [0.29, 0.717) is 5.82 Å². The Labute approximate surface area is 126 Å². The Morgan fingerprint density at radius 1 is 1.50 bits per heavy atom. The van der Waals surface area contributed by atoms with Crippen molar-refractivity contribution in [3.05, 3.63) is 11.8 Å². The van der Waals surface area contributed by atoms with Crippen molar-refractivity contribution in [3.8, 4) is 0 Å². The summed E-state index contributed by atoms with van der Waals surface area (Å²) in [6.45, 7) is 8.33. The molecule has 1 aliphatic heterocycles. The second kappa shape index (κ2) is 7.09. The van der Waals surface area contributed by atoms with Crippen molar-refractivity contribution in [2.75, 3.05) is 18.4 Å². The van der Waals surface area contributed by atoms with Gasteiger partial charge in [0, 0.05) is 18.3 Å². The second-order valence-electron chi connectivity index (χ2n) is 6.55. The van der Waals surface area contributed by atoms with Gasteiger partial charge in [0.1, 0.15) is 0 Å². The maximum absolute atomic E-state index is 12.1. The Bertz CT molecular complexity index is 433. The van der Waals surface area contributed by atoms with Crippen LogP contribution in [0.25, 0.3) is 0 Å². The number of H-pyrrole nitrogens is 1. The molecule has 6 heteroatoms. The number of carbonyl (C=O) groups excluding carboxylic acids is 1. The largest absolute Gasteiger partial charge is 0.316 e. The fourth-order valence-corrected chi connectivity index (χ4v) is 2.39. The molecule has 1 saturated heterocycles. The molecule has 5 nitrogen and oxygen atoms in total. The minimum atomic E-state index is 0. The molecule has 1 aromatic heterocycles. The third-order valence-corrected chi connectivity index (χ3v) is 3.27. The summed E-state index contributed by atoms with van der Waals surface area (Å²) in [5.41, 5.74) is 1.27. The van der Waals surface area contributed by atoms with Crippen LogP contribution >= 0.6 is 12.4 Å². The van der Waals surface area contributed by atoms with Crippen LogP contribution in [0.3, 0.4) is 0 Å². The highest BCUT2D eigenvalue weighted by atomic mass is 35.5. The number of piperidine rings is 1. The number of nitrogens with zero attached hydrogens (tertiary/aromatic N) is 1. The van der Waals surface area contributed by atoms with Gasteiger partial charge in [0.05, 0.1) is 5.92 Å². The molecule has 0 saturated carbocycles. The molecule has 0 aliphatic carbocycles. The van der Waals surface area contributed by atoms with Crippen molar-refractivity contribution < 1.29 is 4.79 Å². The fourth-order valence-electron chi connectivity index (χ4n) is 2.39. The van der Waals surface area contributed by atoms with Gasteiger partial charge in [-0.3, -0.25) is 9.89 Å². The highest BCUT2D eigenvalue weighted by molar-refractivity contribution is 5.91. The normalized spacial score (nSPS) is 19.2. The number of anilines is 1. The first-order chi connectivity index (χ1) is 8.94. The van der Waals surface area contributed by atoms with Gasteiger partial charge in [-0.15, -0.1) is 12.4 Å². The number of hydrogen-bond acceptors (Lipinski definition) is 3. The van der Waals surface area contributed by atoms with Gasteiger partial charge in [-0.05, 0) is 31.2 Å². The summed E-state index contributed by atoms with van der Waals surface area (Å²) in [7, 11) is 0. The number of halogens is 1. The second-order valence-corrected chi connectivity index (χ2v) is 6.55. The number of rotatable bonds is 3. The minimum absolute atomic E-state index is 0. The molecule has 2 rings (SSSR count). The fraction of sp³-hybridized carbons (Fsp3) is 0.714. The Balaban J connectivity index is 0.00000200. The maximum atomic E-state index is 12.1. The number of amides is 1. The first-order valence-electron chi connectivity index (χ1n) is 7.00. The molecule has 20 heavy (non-hydrogen) atoms. The van der Waals surface area contributed by atoms with Gasteiger partial charge in [0.15, 0.2) is 5.82 Å². The molecule has 1 amide bonds. The zero-order valence-electron chi connectivity index (χ0n) is 12.5. The Morgan fingerprint density at radius 3 is 2.85 bits per heavy atom. The van der Waals surface area contributed by atoms with Gasteiger partial charge in [0.25, 0.3) is 0 Å². The molecule has 1 unspecified atom stereocenters. The van der Waals surface area contributed by atoms with E-state index >= 15 is 0 Å². The SMILES string of the molecule is CC(C)(C)Cc1cc(NC(=O)C2CCCNC2)n[nH]1.Cl. The summed E-state index contributed by atoms with van der Waals surface area (Å²) in [6.07, 6.45) is 2.94. The van der Waals surface area contributed by atoms with Crippen LogP contribution < -0.4 is 10.6 Å². The van der Waals surface area contributed by atoms with Crippen molar-refractivity contribution >= 4 is 24.1 Å². The van der Waals surface area contributed by atoms with Crippen LogP contribution in [-0.4, -0.2) is 29.2 Å². The molecule has 1 fully saturated rings. The van der Waals surface area contributed by atoms with Crippen LogP contribution in [-0.2, 0) is 11.2 Å². The smallest absolute Gasteiger partial charge is 0.229 e. The molecule has 0 radical (unpaired) electrons. The molecule has 114 valence electrons. The van der Waals surface area contributed by atoms with E-state index in [4.69, 9.17) is 0 Å². The van der Waals surface area contributed by atoms with Gasteiger partial charge >= 0.3 is 0 Å². The standard InChI is InChI=1S/C14H24N4O.ClH/c1-14(2,3)8-11-7-12(18-17-11)16-13(19)10-5-4-6-15-9-10;/h7,10,15H,4-6,8-9H2,1-3H3,(H2,16,17,18,19);1H. The lowest BCUT2D eigenvalue weighted by Crippen LogP contribution is -2.37. The first-order valence-corrected chi connectivity index (χ1v) is 7.00. The molecule has 0 aromatic carbocycles. The topological polar surface area (TPSA) is 69.8 Å². The quantitative estimate of drug-likeness (QED) is 0.802. The summed E-state index contributed by atoms with van der Waals surface area (Å²) >= 11 is 0. The summed E-state index contributed by atoms with van der Waals surface area (Å²) < 4.78 is 0. The Hall–Kier alpha value is -1.07. The van der Waals surface area contributed by atoms with E-state index in [9.17, 15) is 4.79 Å². The molecular weight excluding hydrogens is 276 g/mol. The number of aromatic amines is 1. The molecule has 1 atom stereocenters. The van der Waals surface area contributed by atoms with Crippen molar-refractivity contribution in [2.45, 2.75) is 40.0 Å². The van der Waals surface area contributed by atoms with Crippen LogP contribution in [0.5, 0.6) is 0 Å². The van der Waals surface area contributed by atoms with Crippen molar-refractivity contribution in [3.63, 3.8) is 0 Å². The van der Waals surface area contributed by atoms with Gasteiger partial charge in [-0.2, -0.15) is 5.10 Å². The van der Waals surface area contributed by atoms with Gasteiger partial charge < -0.3 is 10.6 Å². The number of aromatic nitrogens is 2. The lowest BCUT2D eigenvalue weighted by Gasteiger charge is -2.21. The van der Waals surface area contributed by atoms with Gasteiger partial charge in [-0.1, -0.05) is 20.8 Å². The van der Waals surface area contributed by atoms with Crippen molar-refractivity contribution in [1.82, 2.24) is 15.5 Å². The van der Waals surface area contributed by atoms with E-state index in [1.165, 1.54) is 0 Å². The van der Waals surface area contributed by atoms with Crippen LogP contribution in [0.2, 0.25) is 0 Å². The number of nitrogens with one attached hydrogen (secondary N) is 3. The van der Waals surface area contributed by atoms with Crippen molar-refractivity contribution in [1.29, 1.82) is 0 Å². The van der Waals surface area contributed by atoms with E-state index in [2.05, 4.69) is 41.6 Å². The first kappa shape index (κ1) is 17.0. The molecule has 1 aliphatic rings. The third kappa shape index (κ3) is 5.13. The highest BCUT2D eigenvalue weighted by Gasteiger charge is 2.21. The van der Waals surface area contributed by atoms with E-state index < -0.39 is 0 Å². The van der Waals surface area contributed by atoms with Crippen molar-refractivity contribution in [2.24, 2.45) is 11.3 Å². The van der Waals surface area contributed by atoms with Crippen LogP contribution in [0, 0.1) is 11.3 Å². The van der Waals surface area contributed by atoms with Crippen LogP contribution in [0.15, 0.2) is 6.07 Å². The predicted molar refractivity (Wildman–Crippen MR) is 83.2 cm³/mol. The molecule has 2 heterocycles. The number of hydrogen-bond donors (Lipinski definition) is 3. The zero-order valence-corrected chi connectivity index (χ0v) is 13.3. The predicted octanol–water partition coefficient (Wildman–Crippen LogP) is 2.36. The lowest BCUT2D eigenvalue weighted by molar-refractivity contribution is -0.120. The Kier molecular flexibility index (Phi) is 6.02. The van der Waals surface area contributed by atoms with E-state index in [1.54, 1.807) is 0 Å². The third-order valence-electron chi connectivity index (χ3n) is 3.27. The average Bonchev–Trinajstić information content (AvgIpc) is 2.75. The summed E-state index contributed by atoms with van der Waals surface area (Å²) in [5.74, 6) is 0.771. The highest BCUT2D eigenvalue weighted by Crippen LogP contribution is 2.21. The number of carbonyl (C=O) groups is 1. The maximum Gasteiger partial charge on any atom is 0.229 e. The molecule has 1 aromatic rings. The van der Waals surface area contributed by atoms with Crippen LogP contribution in [0.1, 0.15) is 39.3 Å². The molecular formula is C14H25ClN4O. The summed E-state index contributed by atoms with van der Waals surface area (Å²) in [4.78, 5) is 12.1. The van der Waals surface area contributed by atoms with Gasteiger partial charge in [0.2, 0.25) is 5.91 Å². The van der Waals surface area contributed by atoms with Crippen LogP contribution in [0.4, 0.5) is 5.82 Å². The molecule has 0 bridgehead atoms. The van der Waals surface area contributed by atoms with E-state index in [-0.39, 0.29) is 29.6 Å². The van der Waals surface area contributed by atoms with E-state index in [1.807, 2.05) is 6.07 Å². The summed E-state index contributed by atoms with van der Waals surface area (Å²) in [6, 6.07) is 1.93. The lowest BCUT2D eigenvalue weighted by atomic mass is 9.91. The minimum Gasteiger partial charge on any atom is -0.316 e. The van der Waals surface area contributed by atoms with E-state index in [0.717, 1.165) is 38.0 Å². The monoisotopic (exact) mass is 300 g/mol.